The monoisotopic (exact) mass is 408 g/mol. The van der Waals surface area contributed by atoms with Crippen molar-refractivity contribution in [2.45, 2.75) is 39.3 Å². The Morgan fingerprint density at radius 1 is 1.00 bits per heavy atom. The van der Waals surface area contributed by atoms with Crippen LogP contribution in [0.2, 0.25) is 0 Å². The van der Waals surface area contributed by atoms with Crippen LogP contribution in [0, 0.1) is 6.92 Å². The molecule has 1 aliphatic rings. The molecule has 1 aliphatic heterocycles. The van der Waals surface area contributed by atoms with Crippen LogP contribution in [0.4, 0.5) is 0 Å². The molecule has 0 aliphatic carbocycles. The molecule has 1 amide bonds. The van der Waals surface area contributed by atoms with E-state index >= 15 is 0 Å². The van der Waals surface area contributed by atoms with Crippen LogP contribution in [0.25, 0.3) is 10.9 Å². The average molecular weight is 409 g/mol. The average Bonchev–Trinajstić information content (AvgIpc) is 3.18. The van der Waals surface area contributed by atoms with Gasteiger partial charge in [-0.1, -0.05) is 72.3 Å². The number of nitrogens with zero attached hydrogens (tertiary/aromatic N) is 2. The Balaban J connectivity index is 1.58. The summed E-state index contributed by atoms with van der Waals surface area (Å²) >= 11 is 0. The summed E-state index contributed by atoms with van der Waals surface area (Å²) < 4.78 is 2.18. The fourth-order valence-electron chi connectivity index (χ4n) is 5.01. The zero-order valence-corrected chi connectivity index (χ0v) is 18.2. The Labute approximate surface area is 183 Å². The lowest BCUT2D eigenvalue weighted by atomic mass is 9.88. The van der Waals surface area contributed by atoms with Crippen molar-refractivity contribution < 1.29 is 4.79 Å². The van der Waals surface area contributed by atoms with E-state index in [1.54, 1.807) is 0 Å². The number of fused-ring (bicyclic) bond motifs is 2. The highest BCUT2D eigenvalue weighted by Crippen LogP contribution is 2.35. The molecule has 0 bridgehead atoms. The minimum atomic E-state index is 0.0444. The molecule has 31 heavy (non-hydrogen) atoms. The van der Waals surface area contributed by atoms with Crippen LogP contribution in [-0.4, -0.2) is 21.9 Å². The second-order valence-electron chi connectivity index (χ2n) is 8.50. The van der Waals surface area contributed by atoms with E-state index in [1.807, 2.05) is 18.3 Å². The summed E-state index contributed by atoms with van der Waals surface area (Å²) in [4.78, 5) is 16.0. The minimum Gasteiger partial charge on any atom is -0.347 e. The van der Waals surface area contributed by atoms with Gasteiger partial charge in [-0.05, 0) is 49.4 Å². The first-order chi connectivity index (χ1) is 15.2. The maximum Gasteiger partial charge on any atom is 0.256 e. The highest BCUT2D eigenvalue weighted by Gasteiger charge is 2.32. The fourth-order valence-corrected chi connectivity index (χ4v) is 5.01. The molecular weight excluding hydrogens is 380 g/mol. The van der Waals surface area contributed by atoms with E-state index in [0.717, 1.165) is 42.4 Å². The summed E-state index contributed by atoms with van der Waals surface area (Å²) in [7, 11) is 0. The molecule has 5 rings (SSSR count). The topological polar surface area (TPSA) is 25.2 Å². The van der Waals surface area contributed by atoms with Gasteiger partial charge in [-0.3, -0.25) is 4.79 Å². The number of aromatic nitrogens is 1. The van der Waals surface area contributed by atoms with Gasteiger partial charge in [0.2, 0.25) is 0 Å². The summed E-state index contributed by atoms with van der Waals surface area (Å²) in [5, 5.41) is 1.04. The third kappa shape index (κ3) is 3.54. The molecule has 0 fully saturated rings. The SMILES string of the molecule is CCn1cc(C(=O)N2CCc3ccccc3C2Cc2cccc(C)c2)c2ccccc21. The molecule has 4 aromatic rings. The normalized spacial score (nSPS) is 15.8. The molecular formula is C28H28N2O. The number of rotatable bonds is 4. The van der Waals surface area contributed by atoms with Crippen molar-refractivity contribution in [2.75, 3.05) is 6.54 Å². The van der Waals surface area contributed by atoms with Gasteiger partial charge < -0.3 is 9.47 Å². The van der Waals surface area contributed by atoms with Gasteiger partial charge in [0.1, 0.15) is 0 Å². The standard InChI is InChI=1S/C28H28N2O/c1-3-29-19-25(24-13-6-7-14-26(24)29)28(31)30-16-15-22-11-4-5-12-23(22)27(30)18-21-10-8-9-20(2)17-21/h4-14,17,19,27H,3,15-16,18H2,1-2H3. The van der Waals surface area contributed by atoms with E-state index in [2.05, 4.69) is 84.0 Å². The highest BCUT2D eigenvalue weighted by atomic mass is 16.2. The van der Waals surface area contributed by atoms with E-state index in [1.165, 1.54) is 22.3 Å². The Hall–Kier alpha value is -3.33. The van der Waals surface area contributed by atoms with Crippen molar-refractivity contribution in [3.8, 4) is 0 Å². The van der Waals surface area contributed by atoms with E-state index in [0.29, 0.717) is 0 Å². The first-order valence-corrected chi connectivity index (χ1v) is 11.2. The Morgan fingerprint density at radius 3 is 2.65 bits per heavy atom. The quantitative estimate of drug-likeness (QED) is 0.409. The van der Waals surface area contributed by atoms with Gasteiger partial charge in [-0.15, -0.1) is 0 Å². The smallest absolute Gasteiger partial charge is 0.256 e. The number of aryl methyl sites for hydroxylation is 2. The first kappa shape index (κ1) is 19.6. The lowest BCUT2D eigenvalue weighted by molar-refractivity contribution is 0.0662. The van der Waals surface area contributed by atoms with Crippen molar-refractivity contribution in [3.05, 3.63) is 107 Å². The zero-order valence-electron chi connectivity index (χ0n) is 18.2. The lowest BCUT2D eigenvalue weighted by Crippen LogP contribution is -2.41. The number of carbonyl (C=O) groups is 1. The number of para-hydroxylation sites is 1. The summed E-state index contributed by atoms with van der Waals surface area (Å²) in [6.07, 6.45) is 3.77. The first-order valence-electron chi connectivity index (χ1n) is 11.2. The van der Waals surface area contributed by atoms with Crippen molar-refractivity contribution in [2.24, 2.45) is 0 Å². The maximum atomic E-state index is 13.9. The number of hydrogen-bond donors (Lipinski definition) is 0. The summed E-state index contributed by atoms with van der Waals surface area (Å²) in [6.45, 7) is 5.85. The van der Waals surface area contributed by atoms with Gasteiger partial charge in [0.15, 0.2) is 0 Å². The Bertz CT molecular complexity index is 1250. The van der Waals surface area contributed by atoms with E-state index in [4.69, 9.17) is 0 Å². The number of hydrogen-bond acceptors (Lipinski definition) is 1. The van der Waals surface area contributed by atoms with Crippen molar-refractivity contribution in [1.82, 2.24) is 9.47 Å². The molecule has 0 radical (unpaired) electrons. The largest absolute Gasteiger partial charge is 0.347 e. The Morgan fingerprint density at radius 2 is 1.81 bits per heavy atom. The van der Waals surface area contributed by atoms with E-state index in [-0.39, 0.29) is 11.9 Å². The van der Waals surface area contributed by atoms with E-state index < -0.39 is 0 Å². The number of carbonyl (C=O) groups excluding carboxylic acids is 1. The van der Waals surface area contributed by atoms with E-state index in [9.17, 15) is 4.79 Å². The molecule has 0 saturated heterocycles. The minimum absolute atomic E-state index is 0.0444. The van der Waals surface area contributed by atoms with Crippen LogP contribution in [0.1, 0.15) is 45.6 Å². The molecule has 1 aromatic heterocycles. The second-order valence-corrected chi connectivity index (χ2v) is 8.50. The van der Waals surface area contributed by atoms with Gasteiger partial charge in [0.25, 0.3) is 5.91 Å². The predicted molar refractivity (Wildman–Crippen MR) is 126 cm³/mol. The second kappa shape index (κ2) is 8.07. The summed E-state index contributed by atoms with van der Waals surface area (Å²) in [5.74, 6) is 0.135. The van der Waals surface area contributed by atoms with Crippen LogP contribution in [0.3, 0.4) is 0 Å². The number of benzene rings is 3. The molecule has 1 unspecified atom stereocenters. The van der Waals surface area contributed by atoms with Crippen molar-refractivity contribution in [1.29, 1.82) is 0 Å². The fraction of sp³-hybridized carbons (Fsp3) is 0.250. The number of amides is 1. The molecule has 3 aromatic carbocycles. The third-order valence-electron chi connectivity index (χ3n) is 6.54. The molecule has 1 atom stereocenters. The maximum absolute atomic E-state index is 13.9. The van der Waals surface area contributed by atoms with Crippen LogP contribution in [0.5, 0.6) is 0 Å². The lowest BCUT2D eigenvalue weighted by Gasteiger charge is -2.37. The van der Waals surface area contributed by atoms with Gasteiger partial charge >= 0.3 is 0 Å². The van der Waals surface area contributed by atoms with Gasteiger partial charge in [0.05, 0.1) is 11.6 Å². The van der Waals surface area contributed by atoms with Crippen molar-refractivity contribution in [3.63, 3.8) is 0 Å². The van der Waals surface area contributed by atoms with Gasteiger partial charge in [0, 0.05) is 30.2 Å². The summed E-state index contributed by atoms with van der Waals surface area (Å²) in [5.41, 5.74) is 7.11. The van der Waals surface area contributed by atoms with Crippen molar-refractivity contribution >= 4 is 16.8 Å². The van der Waals surface area contributed by atoms with Crippen LogP contribution in [0.15, 0.2) is 79.0 Å². The molecule has 3 nitrogen and oxygen atoms in total. The summed E-state index contributed by atoms with van der Waals surface area (Å²) in [6, 6.07) is 25.5. The third-order valence-corrected chi connectivity index (χ3v) is 6.54. The molecule has 156 valence electrons. The van der Waals surface area contributed by atoms with Crippen LogP contribution in [-0.2, 0) is 19.4 Å². The zero-order chi connectivity index (χ0) is 21.4. The molecule has 3 heteroatoms. The molecule has 0 spiro atoms. The molecule has 0 N–H and O–H groups in total. The Kier molecular flexibility index (Phi) is 5.11. The molecule has 2 heterocycles. The predicted octanol–water partition coefficient (Wildman–Crippen LogP) is 5.95. The van der Waals surface area contributed by atoms with Crippen LogP contribution < -0.4 is 0 Å². The molecule has 0 saturated carbocycles. The van der Waals surface area contributed by atoms with Crippen LogP contribution >= 0.6 is 0 Å². The highest BCUT2D eigenvalue weighted by molar-refractivity contribution is 6.07. The van der Waals surface area contributed by atoms with Gasteiger partial charge in [-0.2, -0.15) is 0 Å². The van der Waals surface area contributed by atoms with Gasteiger partial charge in [-0.25, -0.2) is 0 Å².